The second-order valence-corrected chi connectivity index (χ2v) is 5.09. The lowest BCUT2D eigenvalue weighted by Gasteiger charge is -2.07. The van der Waals surface area contributed by atoms with E-state index >= 15 is 0 Å². The van der Waals surface area contributed by atoms with Gasteiger partial charge in [0.15, 0.2) is 6.79 Å². The van der Waals surface area contributed by atoms with Crippen molar-refractivity contribution in [3.63, 3.8) is 0 Å². The van der Waals surface area contributed by atoms with Crippen molar-refractivity contribution in [1.29, 1.82) is 0 Å². The van der Waals surface area contributed by atoms with E-state index in [9.17, 15) is 4.79 Å². The highest BCUT2D eigenvalue weighted by Gasteiger charge is 2.04. The number of halogens is 1. The van der Waals surface area contributed by atoms with Gasteiger partial charge in [0.25, 0.3) is 0 Å². The molecule has 0 atom stereocenters. The molecule has 0 unspecified atom stereocenters. The molecule has 23 heavy (non-hydrogen) atoms. The van der Waals surface area contributed by atoms with Crippen LogP contribution in [0.1, 0.15) is 21.5 Å². The summed E-state index contributed by atoms with van der Waals surface area (Å²) in [5, 5.41) is 0.519. The van der Waals surface area contributed by atoms with Crippen LogP contribution in [-0.2, 0) is 9.47 Å². The zero-order valence-corrected chi connectivity index (χ0v) is 13.7. The maximum Gasteiger partial charge on any atom is 0.337 e. The van der Waals surface area contributed by atoms with Crippen LogP contribution in [0.4, 0.5) is 0 Å². The molecule has 0 saturated carbocycles. The lowest BCUT2D eigenvalue weighted by atomic mass is 10.1. The van der Waals surface area contributed by atoms with E-state index in [1.165, 1.54) is 7.11 Å². The van der Waals surface area contributed by atoms with Gasteiger partial charge in [-0.25, -0.2) is 4.79 Å². The van der Waals surface area contributed by atoms with E-state index < -0.39 is 0 Å². The molecular formula is C18H17ClO4. The standard InChI is InChI=1S/C18H17ClO4/c1-21-12-23-17-10-7-14(11-16(17)19)4-3-13-5-8-15(9-6-13)18(20)22-2/h3-11H,12H2,1-2H3/b4-3+. The molecule has 0 spiro atoms. The van der Waals surface area contributed by atoms with Gasteiger partial charge >= 0.3 is 5.97 Å². The summed E-state index contributed by atoms with van der Waals surface area (Å²) >= 11 is 6.15. The van der Waals surface area contributed by atoms with Gasteiger partial charge in [0.2, 0.25) is 0 Å². The number of hydrogen-bond donors (Lipinski definition) is 0. The average molecular weight is 333 g/mol. The molecule has 0 aliphatic heterocycles. The lowest BCUT2D eigenvalue weighted by Crippen LogP contribution is -2.00. The quantitative estimate of drug-likeness (QED) is 0.450. The summed E-state index contributed by atoms with van der Waals surface area (Å²) in [6, 6.07) is 12.6. The molecule has 0 bridgehead atoms. The number of hydrogen-bond acceptors (Lipinski definition) is 4. The van der Waals surface area contributed by atoms with Gasteiger partial charge in [0.05, 0.1) is 17.7 Å². The molecule has 2 aromatic carbocycles. The Labute approximate surface area is 140 Å². The summed E-state index contributed by atoms with van der Waals surface area (Å²) in [6.45, 7) is 0.154. The molecule has 5 heteroatoms. The van der Waals surface area contributed by atoms with Crippen LogP contribution in [0.15, 0.2) is 42.5 Å². The summed E-state index contributed by atoms with van der Waals surface area (Å²) in [5.74, 6) is 0.229. The first-order chi connectivity index (χ1) is 11.1. The minimum absolute atomic E-state index is 0.154. The van der Waals surface area contributed by atoms with E-state index in [-0.39, 0.29) is 12.8 Å². The largest absolute Gasteiger partial charge is 0.466 e. The van der Waals surface area contributed by atoms with E-state index in [1.54, 1.807) is 25.3 Å². The van der Waals surface area contributed by atoms with Crippen molar-refractivity contribution in [2.45, 2.75) is 0 Å². The fraction of sp³-hybridized carbons (Fsp3) is 0.167. The Bertz CT molecular complexity index is 693. The van der Waals surface area contributed by atoms with E-state index in [1.807, 2.05) is 36.4 Å². The first-order valence-electron chi connectivity index (χ1n) is 6.92. The molecule has 0 aromatic heterocycles. The van der Waals surface area contributed by atoms with Gasteiger partial charge < -0.3 is 14.2 Å². The van der Waals surface area contributed by atoms with Gasteiger partial charge in [-0.3, -0.25) is 0 Å². The number of benzene rings is 2. The molecular weight excluding hydrogens is 316 g/mol. The second-order valence-electron chi connectivity index (χ2n) is 4.69. The molecule has 2 aromatic rings. The maximum absolute atomic E-state index is 11.4. The number of carbonyl (C=O) groups is 1. The smallest absolute Gasteiger partial charge is 0.337 e. The third-order valence-electron chi connectivity index (χ3n) is 3.09. The summed E-state index contributed by atoms with van der Waals surface area (Å²) < 4.78 is 14.8. The highest BCUT2D eigenvalue weighted by Crippen LogP contribution is 2.26. The molecule has 0 aliphatic carbocycles. The lowest BCUT2D eigenvalue weighted by molar-refractivity contribution is 0.0512. The van der Waals surface area contributed by atoms with Gasteiger partial charge in [-0.05, 0) is 35.4 Å². The molecule has 0 heterocycles. The third-order valence-corrected chi connectivity index (χ3v) is 3.38. The first-order valence-corrected chi connectivity index (χ1v) is 7.29. The van der Waals surface area contributed by atoms with Crippen molar-refractivity contribution in [2.24, 2.45) is 0 Å². The van der Waals surface area contributed by atoms with Crippen LogP contribution in [0.3, 0.4) is 0 Å². The predicted octanol–water partition coefficient (Wildman–Crippen LogP) is 4.28. The molecule has 4 nitrogen and oxygen atoms in total. The van der Waals surface area contributed by atoms with E-state index in [4.69, 9.17) is 21.1 Å². The minimum atomic E-state index is -0.348. The van der Waals surface area contributed by atoms with Crippen molar-refractivity contribution < 1.29 is 19.0 Å². The van der Waals surface area contributed by atoms with Crippen LogP contribution >= 0.6 is 11.6 Å². The number of methoxy groups -OCH3 is 2. The Morgan fingerprint density at radius 2 is 1.70 bits per heavy atom. The van der Waals surface area contributed by atoms with Crippen LogP contribution in [0, 0.1) is 0 Å². The van der Waals surface area contributed by atoms with Gasteiger partial charge in [-0.15, -0.1) is 0 Å². The van der Waals surface area contributed by atoms with Crippen molar-refractivity contribution >= 4 is 29.7 Å². The molecule has 120 valence electrons. The summed E-state index contributed by atoms with van der Waals surface area (Å²) in [7, 11) is 2.91. The van der Waals surface area contributed by atoms with E-state index in [0.717, 1.165) is 11.1 Å². The fourth-order valence-corrected chi connectivity index (χ4v) is 2.14. The Hall–Kier alpha value is -2.30. The highest BCUT2D eigenvalue weighted by molar-refractivity contribution is 6.32. The molecule has 0 saturated heterocycles. The van der Waals surface area contributed by atoms with E-state index in [0.29, 0.717) is 16.3 Å². The van der Waals surface area contributed by atoms with Crippen LogP contribution in [0.5, 0.6) is 5.75 Å². The van der Waals surface area contributed by atoms with Gasteiger partial charge in [0.1, 0.15) is 5.75 Å². The zero-order chi connectivity index (χ0) is 16.7. The monoisotopic (exact) mass is 332 g/mol. The summed E-state index contributed by atoms with van der Waals surface area (Å²) in [4.78, 5) is 11.4. The second kappa shape index (κ2) is 8.36. The maximum atomic E-state index is 11.4. The first kappa shape index (κ1) is 17.1. The zero-order valence-electron chi connectivity index (χ0n) is 12.9. The molecule has 0 fully saturated rings. The molecule has 0 radical (unpaired) electrons. The predicted molar refractivity (Wildman–Crippen MR) is 90.7 cm³/mol. The SMILES string of the molecule is COCOc1ccc(/C=C/c2ccc(C(=O)OC)cc2)cc1Cl. The Morgan fingerprint density at radius 1 is 1.04 bits per heavy atom. The summed E-state index contributed by atoms with van der Waals surface area (Å²) in [6.07, 6.45) is 3.86. The molecule has 2 rings (SSSR count). The molecule has 0 amide bonds. The number of carbonyl (C=O) groups excluding carboxylic acids is 1. The van der Waals surface area contributed by atoms with Crippen molar-refractivity contribution in [1.82, 2.24) is 0 Å². The highest BCUT2D eigenvalue weighted by atomic mass is 35.5. The average Bonchev–Trinajstić information content (AvgIpc) is 2.59. The number of ether oxygens (including phenoxy) is 3. The Kier molecular flexibility index (Phi) is 6.20. The van der Waals surface area contributed by atoms with Crippen molar-refractivity contribution in [3.8, 4) is 5.75 Å². The summed E-state index contributed by atoms with van der Waals surface area (Å²) in [5.41, 5.74) is 2.43. The Balaban J connectivity index is 2.07. The van der Waals surface area contributed by atoms with Gasteiger partial charge in [0, 0.05) is 7.11 Å². The number of esters is 1. The fourth-order valence-electron chi connectivity index (χ4n) is 1.90. The normalized spacial score (nSPS) is 10.7. The molecule has 0 N–H and O–H groups in total. The number of rotatable bonds is 6. The Morgan fingerprint density at radius 3 is 2.30 bits per heavy atom. The van der Waals surface area contributed by atoms with Crippen LogP contribution in [0.25, 0.3) is 12.2 Å². The van der Waals surface area contributed by atoms with Crippen LogP contribution in [0.2, 0.25) is 5.02 Å². The topological polar surface area (TPSA) is 44.8 Å². The van der Waals surface area contributed by atoms with Crippen LogP contribution in [-0.4, -0.2) is 27.0 Å². The van der Waals surface area contributed by atoms with Crippen LogP contribution < -0.4 is 4.74 Å². The van der Waals surface area contributed by atoms with Gasteiger partial charge in [-0.1, -0.05) is 42.0 Å². The third kappa shape index (κ3) is 4.84. The minimum Gasteiger partial charge on any atom is -0.466 e. The molecule has 0 aliphatic rings. The van der Waals surface area contributed by atoms with Crippen molar-refractivity contribution in [3.05, 3.63) is 64.2 Å². The van der Waals surface area contributed by atoms with Gasteiger partial charge in [-0.2, -0.15) is 0 Å². The van der Waals surface area contributed by atoms with Crippen molar-refractivity contribution in [2.75, 3.05) is 21.0 Å². The van der Waals surface area contributed by atoms with E-state index in [2.05, 4.69) is 4.74 Å².